The van der Waals surface area contributed by atoms with Crippen molar-refractivity contribution in [3.8, 4) is 0 Å². The van der Waals surface area contributed by atoms with Crippen molar-refractivity contribution in [1.82, 2.24) is 14.8 Å². The summed E-state index contributed by atoms with van der Waals surface area (Å²) in [6, 6.07) is 5.07. The van der Waals surface area contributed by atoms with Gasteiger partial charge in [-0.2, -0.15) is 0 Å². The predicted molar refractivity (Wildman–Crippen MR) is 82.9 cm³/mol. The molecular weight excluding hydrogens is 248 g/mol. The molecule has 4 nitrogen and oxygen atoms in total. The summed E-state index contributed by atoms with van der Waals surface area (Å²) in [4.78, 5) is 9.76. The lowest BCUT2D eigenvalue weighted by Crippen LogP contribution is -2.49. The largest absolute Gasteiger partial charge is 0.370 e. The van der Waals surface area contributed by atoms with Crippen molar-refractivity contribution in [1.29, 1.82) is 0 Å². The number of nitrogens with one attached hydrogen (secondary N) is 1. The monoisotopic (exact) mass is 274 g/mol. The van der Waals surface area contributed by atoms with Crippen LogP contribution in [0.1, 0.15) is 31.7 Å². The highest BCUT2D eigenvalue weighted by molar-refractivity contribution is 5.43. The molecule has 0 bridgehead atoms. The summed E-state index contributed by atoms with van der Waals surface area (Å²) in [5.41, 5.74) is 1.34. The Morgan fingerprint density at radius 1 is 1.35 bits per heavy atom. The molecule has 2 fully saturated rings. The maximum Gasteiger partial charge on any atom is 0.130 e. The number of aromatic nitrogens is 1. The van der Waals surface area contributed by atoms with Crippen LogP contribution in [0.3, 0.4) is 0 Å². The first-order chi connectivity index (χ1) is 9.86. The van der Waals surface area contributed by atoms with Gasteiger partial charge in [0.2, 0.25) is 0 Å². The van der Waals surface area contributed by atoms with Gasteiger partial charge in [-0.1, -0.05) is 13.0 Å². The zero-order valence-corrected chi connectivity index (χ0v) is 12.5. The Morgan fingerprint density at radius 3 is 3.20 bits per heavy atom. The summed E-state index contributed by atoms with van der Waals surface area (Å²) in [5.74, 6) is 1.07. The number of pyridine rings is 1. The summed E-state index contributed by atoms with van der Waals surface area (Å²) in [6.07, 6.45) is 5.78. The number of piperazine rings is 1. The SMILES string of the molecule is CCCNc1ncccc1CN1CCN2CCCC2C1. The minimum atomic E-state index is 0.799. The van der Waals surface area contributed by atoms with Gasteiger partial charge >= 0.3 is 0 Å². The van der Waals surface area contributed by atoms with Crippen LogP contribution in [-0.2, 0) is 6.54 Å². The molecule has 110 valence electrons. The molecule has 2 aliphatic rings. The van der Waals surface area contributed by atoms with E-state index in [1.165, 1.54) is 44.6 Å². The van der Waals surface area contributed by atoms with Crippen molar-refractivity contribution in [3.63, 3.8) is 0 Å². The van der Waals surface area contributed by atoms with Crippen LogP contribution in [0.2, 0.25) is 0 Å². The van der Waals surface area contributed by atoms with E-state index in [1.807, 2.05) is 6.20 Å². The van der Waals surface area contributed by atoms with Gasteiger partial charge in [-0.3, -0.25) is 9.80 Å². The first-order valence-corrected chi connectivity index (χ1v) is 8.01. The second kappa shape index (κ2) is 6.55. The molecule has 0 saturated carbocycles. The average Bonchev–Trinajstić information content (AvgIpc) is 2.94. The normalized spacial score (nSPS) is 23.8. The maximum absolute atomic E-state index is 4.50. The summed E-state index contributed by atoms with van der Waals surface area (Å²) >= 11 is 0. The molecule has 1 aromatic rings. The van der Waals surface area contributed by atoms with Crippen molar-refractivity contribution in [2.75, 3.05) is 38.0 Å². The molecule has 0 amide bonds. The van der Waals surface area contributed by atoms with Gasteiger partial charge in [0, 0.05) is 50.5 Å². The Balaban J connectivity index is 1.62. The summed E-state index contributed by atoms with van der Waals surface area (Å²) in [7, 11) is 0. The number of nitrogens with zero attached hydrogens (tertiary/aromatic N) is 3. The van der Waals surface area contributed by atoms with Crippen molar-refractivity contribution in [2.45, 2.75) is 38.8 Å². The van der Waals surface area contributed by atoms with E-state index >= 15 is 0 Å². The Labute approximate surface area is 122 Å². The Hall–Kier alpha value is -1.13. The van der Waals surface area contributed by atoms with Gasteiger partial charge in [-0.05, 0) is 31.9 Å². The van der Waals surface area contributed by atoms with Crippen molar-refractivity contribution in [3.05, 3.63) is 23.9 Å². The maximum atomic E-state index is 4.50. The van der Waals surface area contributed by atoms with E-state index in [9.17, 15) is 0 Å². The van der Waals surface area contributed by atoms with Gasteiger partial charge in [0.25, 0.3) is 0 Å². The van der Waals surface area contributed by atoms with Crippen LogP contribution in [0.4, 0.5) is 5.82 Å². The van der Waals surface area contributed by atoms with Gasteiger partial charge < -0.3 is 5.32 Å². The van der Waals surface area contributed by atoms with Crippen molar-refractivity contribution < 1.29 is 0 Å². The number of hydrogen-bond acceptors (Lipinski definition) is 4. The van der Waals surface area contributed by atoms with Crippen LogP contribution >= 0.6 is 0 Å². The lowest BCUT2D eigenvalue weighted by molar-refractivity contribution is 0.0994. The topological polar surface area (TPSA) is 31.4 Å². The van der Waals surface area contributed by atoms with Gasteiger partial charge in [0.05, 0.1) is 0 Å². The third-order valence-electron chi connectivity index (χ3n) is 4.50. The van der Waals surface area contributed by atoms with Gasteiger partial charge in [-0.15, -0.1) is 0 Å². The first-order valence-electron chi connectivity index (χ1n) is 8.01. The minimum Gasteiger partial charge on any atom is -0.370 e. The van der Waals surface area contributed by atoms with E-state index in [-0.39, 0.29) is 0 Å². The highest BCUT2D eigenvalue weighted by Gasteiger charge is 2.30. The Kier molecular flexibility index (Phi) is 4.53. The molecule has 2 aliphatic heterocycles. The zero-order valence-electron chi connectivity index (χ0n) is 12.5. The van der Waals surface area contributed by atoms with E-state index < -0.39 is 0 Å². The third kappa shape index (κ3) is 3.13. The molecule has 1 atom stereocenters. The van der Waals surface area contributed by atoms with Crippen LogP contribution in [0.5, 0.6) is 0 Å². The van der Waals surface area contributed by atoms with Crippen LogP contribution in [-0.4, -0.2) is 53.5 Å². The summed E-state index contributed by atoms with van der Waals surface area (Å²) in [5, 5.41) is 3.45. The fourth-order valence-electron chi connectivity index (χ4n) is 3.41. The third-order valence-corrected chi connectivity index (χ3v) is 4.50. The van der Waals surface area contributed by atoms with E-state index in [2.05, 4.69) is 39.2 Å². The minimum absolute atomic E-state index is 0.799. The molecule has 3 rings (SSSR count). The second-order valence-corrected chi connectivity index (χ2v) is 6.01. The molecule has 3 heterocycles. The highest BCUT2D eigenvalue weighted by atomic mass is 15.3. The van der Waals surface area contributed by atoms with Crippen molar-refractivity contribution in [2.24, 2.45) is 0 Å². The summed E-state index contributed by atoms with van der Waals surface area (Å²) in [6.45, 7) is 9.19. The van der Waals surface area contributed by atoms with Crippen molar-refractivity contribution >= 4 is 5.82 Å². The van der Waals surface area contributed by atoms with E-state index in [1.54, 1.807) is 0 Å². The first kappa shape index (κ1) is 13.8. The van der Waals surface area contributed by atoms with Gasteiger partial charge in [-0.25, -0.2) is 4.98 Å². The molecule has 2 saturated heterocycles. The number of hydrogen-bond donors (Lipinski definition) is 1. The van der Waals surface area contributed by atoms with Gasteiger partial charge in [0.1, 0.15) is 5.82 Å². The molecule has 1 aromatic heterocycles. The van der Waals surface area contributed by atoms with Crippen LogP contribution in [0.25, 0.3) is 0 Å². The molecule has 0 spiro atoms. The predicted octanol–water partition coefficient (Wildman–Crippen LogP) is 2.18. The van der Waals surface area contributed by atoms with Crippen LogP contribution in [0.15, 0.2) is 18.3 Å². The fraction of sp³-hybridized carbons (Fsp3) is 0.688. The standard InChI is InChI=1S/C16H26N4/c1-2-7-17-16-14(5-3-8-18-16)12-19-10-11-20-9-4-6-15(20)13-19/h3,5,8,15H,2,4,6-7,9-13H2,1H3,(H,17,18). The number of anilines is 1. The van der Waals surface area contributed by atoms with E-state index in [0.29, 0.717) is 0 Å². The quantitative estimate of drug-likeness (QED) is 0.892. The molecule has 1 unspecified atom stereocenters. The average molecular weight is 274 g/mol. The van der Waals surface area contributed by atoms with E-state index in [0.717, 1.165) is 31.4 Å². The second-order valence-electron chi connectivity index (χ2n) is 6.01. The smallest absolute Gasteiger partial charge is 0.130 e. The molecule has 0 aromatic carbocycles. The van der Waals surface area contributed by atoms with Crippen LogP contribution < -0.4 is 5.32 Å². The highest BCUT2D eigenvalue weighted by Crippen LogP contribution is 2.23. The molecule has 0 aliphatic carbocycles. The van der Waals surface area contributed by atoms with Gasteiger partial charge in [0.15, 0.2) is 0 Å². The van der Waals surface area contributed by atoms with Crippen LogP contribution in [0, 0.1) is 0 Å². The lowest BCUT2D eigenvalue weighted by atomic mass is 10.1. The molecule has 0 radical (unpaired) electrons. The molecule has 20 heavy (non-hydrogen) atoms. The Bertz CT molecular complexity index is 434. The number of fused-ring (bicyclic) bond motifs is 1. The number of rotatable bonds is 5. The fourth-order valence-corrected chi connectivity index (χ4v) is 3.41. The molecule has 1 N–H and O–H groups in total. The zero-order chi connectivity index (χ0) is 13.8. The molecule has 4 heteroatoms. The molecular formula is C16H26N4. The summed E-state index contributed by atoms with van der Waals surface area (Å²) < 4.78 is 0. The Morgan fingerprint density at radius 2 is 2.30 bits per heavy atom. The lowest BCUT2D eigenvalue weighted by Gasteiger charge is -2.37. The van der Waals surface area contributed by atoms with E-state index in [4.69, 9.17) is 0 Å².